The van der Waals surface area contributed by atoms with Crippen molar-refractivity contribution < 1.29 is 18.8 Å². The number of imide groups is 2. The van der Waals surface area contributed by atoms with Crippen LogP contribution in [0.3, 0.4) is 0 Å². The van der Waals surface area contributed by atoms with E-state index in [1.807, 2.05) is 24.5 Å². The van der Waals surface area contributed by atoms with Crippen LogP contribution in [0.1, 0.15) is 17.0 Å². The number of rotatable bonds is 3. The Morgan fingerprint density at radius 1 is 0.935 bits per heavy atom. The van der Waals surface area contributed by atoms with E-state index in [9.17, 15) is 18.8 Å². The molecule has 0 radical (unpaired) electrons. The Balaban J connectivity index is 1.75. The number of anilines is 1. The molecular weight excluding hydrogens is 421 g/mol. The number of aromatic nitrogens is 1. The molecule has 1 aliphatic heterocycles. The Labute approximate surface area is 182 Å². The lowest BCUT2D eigenvalue weighted by atomic mass is 10.1. The van der Waals surface area contributed by atoms with Crippen LogP contribution < -0.4 is 10.2 Å². The van der Waals surface area contributed by atoms with E-state index in [4.69, 9.17) is 11.6 Å². The third-order valence-corrected chi connectivity index (χ3v) is 5.29. The largest absolute Gasteiger partial charge is 0.335 e. The molecule has 4 rings (SSSR count). The monoisotopic (exact) mass is 437 g/mol. The van der Waals surface area contributed by atoms with Crippen molar-refractivity contribution >= 4 is 41.2 Å². The summed E-state index contributed by atoms with van der Waals surface area (Å²) >= 11 is 5.88. The predicted molar refractivity (Wildman–Crippen MR) is 116 cm³/mol. The molecule has 1 aromatic heterocycles. The number of hydrogen-bond donors (Lipinski definition) is 1. The first-order valence-electron chi connectivity index (χ1n) is 9.38. The van der Waals surface area contributed by atoms with Crippen LogP contribution in [0.2, 0.25) is 5.02 Å². The molecule has 4 amide bonds. The smallest absolute Gasteiger partial charge is 0.318 e. The lowest BCUT2D eigenvalue weighted by molar-refractivity contribution is -0.122. The van der Waals surface area contributed by atoms with Crippen molar-refractivity contribution in [2.75, 3.05) is 4.90 Å². The van der Waals surface area contributed by atoms with Gasteiger partial charge in [-0.25, -0.2) is 14.1 Å². The van der Waals surface area contributed by atoms with Crippen LogP contribution in [0.4, 0.5) is 14.9 Å². The fraction of sp³-hybridized carbons (Fsp3) is 0.0870. The Bertz CT molecular complexity index is 1240. The lowest BCUT2D eigenvalue weighted by Crippen LogP contribution is -2.54. The molecule has 2 heterocycles. The van der Waals surface area contributed by atoms with Gasteiger partial charge in [-0.2, -0.15) is 0 Å². The number of benzene rings is 2. The summed E-state index contributed by atoms with van der Waals surface area (Å²) < 4.78 is 15.2. The standard InChI is InChI=1S/C23H17ClFN3O3/c1-13-11-15(14(2)27(13)18-9-5-17(25)6-10-18)12-20-21(29)26-23(31)28(22(20)30)19-7-3-16(24)4-8-19/h3-12H,1-2H3,(H,26,29,31). The second kappa shape index (κ2) is 7.85. The van der Waals surface area contributed by atoms with Crippen molar-refractivity contribution in [2.45, 2.75) is 13.8 Å². The number of carbonyl (C=O) groups excluding carboxylic acids is 3. The summed E-state index contributed by atoms with van der Waals surface area (Å²) in [6.07, 6.45) is 1.45. The van der Waals surface area contributed by atoms with Crippen LogP contribution in [0.25, 0.3) is 11.8 Å². The molecule has 8 heteroatoms. The molecule has 1 N–H and O–H groups in total. The molecule has 0 saturated carbocycles. The minimum Gasteiger partial charge on any atom is -0.318 e. The van der Waals surface area contributed by atoms with Crippen LogP contribution >= 0.6 is 11.6 Å². The van der Waals surface area contributed by atoms with Gasteiger partial charge in [-0.3, -0.25) is 14.9 Å². The van der Waals surface area contributed by atoms with Crippen molar-refractivity contribution in [2.24, 2.45) is 0 Å². The topological polar surface area (TPSA) is 71.4 Å². The van der Waals surface area contributed by atoms with Crippen LogP contribution in [0, 0.1) is 19.7 Å². The van der Waals surface area contributed by atoms with Gasteiger partial charge in [0, 0.05) is 22.1 Å². The summed E-state index contributed by atoms with van der Waals surface area (Å²) in [6.45, 7) is 3.70. The van der Waals surface area contributed by atoms with E-state index in [0.29, 0.717) is 16.3 Å². The summed E-state index contributed by atoms with van der Waals surface area (Å²) in [5, 5.41) is 2.65. The molecule has 156 valence electrons. The fourth-order valence-corrected chi connectivity index (χ4v) is 3.68. The number of nitrogens with one attached hydrogen (secondary N) is 1. The number of halogens is 2. The fourth-order valence-electron chi connectivity index (χ4n) is 3.56. The van der Waals surface area contributed by atoms with Crippen molar-refractivity contribution in [1.29, 1.82) is 0 Å². The van der Waals surface area contributed by atoms with E-state index in [1.54, 1.807) is 24.3 Å². The third-order valence-electron chi connectivity index (χ3n) is 5.04. The number of urea groups is 1. The molecule has 1 saturated heterocycles. The maximum Gasteiger partial charge on any atom is 0.335 e. The van der Waals surface area contributed by atoms with Gasteiger partial charge in [-0.15, -0.1) is 0 Å². The van der Waals surface area contributed by atoms with E-state index in [-0.39, 0.29) is 11.4 Å². The van der Waals surface area contributed by atoms with E-state index in [1.165, 1.54) is 30.3 Å². The summed E-state index contributed by atoms with van der Waals surface area (Å²) in [4.78, 5) is 38.7. The molecule has 31 heavy (non-hydrogen) atoms. The van der Waals surface area contributed by atoms with E-state index in [0.717, 1.165) is 22.0 Å². The molecule has 1 fully saturated rings. The van der Waals surface area contributed by atoms with Gasteiger partial charge in [0.05, 0.1) is 5.69 Å². The van der Waals surface area contributed by atoms with Gasteiger partial charge in [-0.05, 0) is 80.1 Å². The highest BCUT2D eigenvalue weighted by Gasteiger charge is 2.37. The number of hydrogen-bond acceptors (Lipinski definition) is 3. The van der Waals surface area contributed by atoms with E-state index in [2.05, 4.69) is 5.32 Å². The molecule has 1 aliphatic rings. The zero-order chi connectivity index (χ0) is 22.3. The number of aryl methyl sites for hydroxylation is 1. The second-order valence-corrected chi connectivity index (χ2v) is 7.51. The number of barbiturate groups is 1. The van der Waals surface area contributed by atoms with Gasteiger partial charge in [-0.1, -0.05) is 11.6 Å². The van der Waals surface area contributed by atoms with Crippen LogP contribution in [-0.2, 0) is 9.59 Å². The molecule has 0 bridgehead atoms. The van der Waals surface area contributed by atoms with Gasteiger partial charge in [0.1, 0.15) is 11.4 Å². The van der Waals surface area contributed by atoms with Crippen molar-refractivity contribution in [3.63, 3.8) is 0 Å². The first-order valence-corrected chi connectivity index (χ1v) is 9.76. The summed E-state index contributed by atoms with van der Waals surface area (Å²) in [5.74, 6) is -1.85. The Hall–Kier alpha value is -3.71. The highest BCUT2D eigenvalue weighted by atomic mass is 35.5. The molecule has 0 unspecified atom stereocenters. The van der Waals surface area contributed by atoms with Crippen molar-refractivity contribution in [1.82, 2.24) is 9.88 Å². The SMILES string of the molecule is Cc1cc(C=C2C(=O)NC(=O)N(c3ccc(Cl)cc3)C2=O)c(C)n1-c1ccc(F)cc1. The van der Waals surface area contributed by atoms with Crippen molar-refractivity contribution in [3.05, 3.63) is 88.0 Å². The average Bonchev–Trinajstić information content (AvgIpc) is 3.00. The highest BCUT2D eigenvalue weighted by molar-refractivity contribution is 6.39. The minimum atomic E-state index is -0.828. The first kappa shape index (κ1) is 20.6. The Morgan fingerprint density at radius 3 is 2.19 bits per heavy atom. The molecule has 0 atom stereocenters. The third kappa shape index (κ3) is 3.75. The van der Waals surface area contributed by atoms with E-state index < -0.39 is 17.8 Å². The minimum absolute atomic E-state index is 0.172. The molecule has 2 aromatic carbocycles. The normalized spacial score (nSPS) is 15.5. The van der Waals surface area contributed by atoms with Crippen LogP contribution in [-0.4, -0.2) is 22.4 Å². The number of carbonyl (C=O) groups is 3. The average molecular weight is 438 g/mol. The number of amides is 4. The maximum atomic E-state index is 13.3. The van der Waals surface area contributed by atoms with Gasteiger partial charge in [0.2, 0.25) is 0 Å². The summed E-state index contributed by atoms with van der Waals surface area (Å²) in [6, 6.07) is 13.1. The summed E-state index contributed by atoms with van der Waals surface area (Å²) in [5.41, 5.74) is 3.09. The van der Waals surface area contributed by atoms with Crippen LogP contribution in [0.5, 0.6) is 0 Å². The van der Waals surface area contributed by atoms with Gasteiger partial charge in [0.25, 0.3) is 11.8 Å². The lowest BCUT2D eigenvalue weighted by Gasteiger charge is -2.26. The first-order chi connectivity index (χ1) is 14.8. The summed E-state index contributed by atoms with van der Waals surface area (Å²) in [7, 11) is 0. The molecular formula is C23H17ClFN3O3. The van der Waals surface area contributed by atoms with Gasteiger partial charge >= 0.3 is 6.03 Å². The molecule has 0 spiro atoms. The molecule has 0 aliphatic carbocycles. The van der Waals surface area contributed by atoms with Gasteiger partial charge < -0.3 is 4.57 Å². The Morgan fingerprint density at radius 2 is 1.55 bits per heavy atom. The second-order valence-electron chi connectivity index (χ2n) is 7.07. The quantitative estimate of drug-likeness (QED) is 0.482. The molecule has 6 nitrogen and oxygen atoms in total. The maximum absolute atomic E-state index is 13.3. The van der Waals surface area contributed by atoms with Crippen molar-refractivity contribution in [3.8, 4) is 5.69 Å². The zero-order valence-electron chi connectivity index (χ0n) is 16.6. The number of nitrogens with zero attached hydrogens (tertiary/aromatic N) is 2. The van der Waals surface area contributed by atoms with E-state index >= 15 is 0 Å². The zero-order valence-corrected chi connectivity index (χ0v) is 17.4. The van der Waals surface area contributed by atoms with Crippen LogP contribution in [0.15, 0.2) is 60.2 Å². The predicted octanol–water partition coefficient (Wildman–Crippen LogP) is 4.55. The van der Waals surface area contributed by atoms with Gasteiger partial charge in [0.15, 0.2) is 0 Å². The Kier molecular flexibility index (Phi) is 5.20. The molecule has 3 aromatic rings. The highest BCUT2D eigenvalue weighted by Crippen LogP contribution is 2.26.